The summed E-state index contributed by atoms with van der Waals surface area (Å²) < 4.78 is 11.0. The van der Waals surface area contributed by atoms with Gasteiger partial charge in [-0.05, 0) is 42.5 Å². The zero-order valence-corrected chi connectivity index (χ0v) is 21.7. The Morgan fingerprint density at radius 2 is 1.31 bits per heavy atom. The number of thioether (sulfide) groups is 1. The Kier molecular flexibility index (Phi) is 7.99. The second kappa shape index (κ2) is 10.8. The smallest absolute Gasteiger partial charge is 0.339 e. The standard InChI is InChI=1S/C25H16Cl4O5S/c26-14-5-7-16(19(28)9-14)23(31)33-11-25(13-35-21-4-2-1-3-18(21)22(25)30)12-34-24(32)17-8-6-15(27)10-20(17)29/h1-10H,11-13H2. The molecular formula is C25H16Cl4O5S. The van der Waals surface area contributed by atoms with Crippen LogP contribution in [0.15, 0.2) is 65.6 Å². The molecule has 0 aliphatic carbocycles. The SMILES string of the molecule is O=C(OCC1(COC(=O)c2ccc(Cl)cc2Cl)CSc2ccccc2C1=O)c1ccc(Cl)cc1Cl. The number of carbonyl (C=O) groups is 3. The molecule has 3 aromatic rings. The molecule has 35 heavy (non-hydrogen) atoms. The van der Waals surface area contributed by atoms with E-state index in [-0.39, 0.29) is 45.9 Å². The highest BCUT2D eigenvalue weighted by molar-refractivity contribution is 7.99. The lowest BCUT2D eigenvalue weighted by molar-refractivity contribution is 0.00606. The van der Waals surface area contributed by atoms with Gasteiger partial charge in [0.05, 0.1) is 21.2 Å². The molecule has 0 fully saturated rings. The number of halogens is 4. The number of ketones is 1. The fourth-order valence-electron chi connectivity index (χ4n) is 3.48. The number of fused-ring (bicyclic) bond motifs is 1. The summed E-state index contributed by atoms with van der Waals surface area (Å²) >= 11 is 25.5. The second-order valence-electron chi connectivity index (χ2n) is 7.79. The average Bonchev–Trinajstić information content (AvgIpc) is 2.83. The maximum Gasteiger partial charge on any atom is 0.339 e. The van der Waals surface area contributed by atoms with E-state index in [1.165, 1.54) is 48.2 Å². The number of benzene rings is 3. The van der Waals surface area contributed by atoms with Crippen LogP contribution in [-0.4, -0.2) is 36.7 Å². The Morgan fingerprint density at radius 3 is 1.83 bits per heavy atom. The summed E-state index contributed by atoms with van der Waals surface area (Å²) in [6.07, 6.45) is 0. The molecule has 0 aromatic heterocycles. The monoisotopic (exact) mass is 568 g/mol. The van der Waals surface area contributed by atoms with Gasteiger partial charge in [-0.25, -0.2) is 9.59 Å². The molecule has 0 N–H and O–H groups in total. The summed E-state index contributed by atoms with van der Waals surface area (Å²) in [5.41, 5.74) is -0.646. The largest absolute Gasteiger partial charge is 0.461 e. The van der Waals surface area contributed by atoms with E-state index in [1.807, 2.05) is 12.1 Å². The predicted octanol–water partition coefficient (Wildman–Crippen LogP) is 7.29. The van der Waals surface area contributed by atoms with E-state index < -0.39 is 17.4 Å². The fourth-order valence-corrected chi connectivity index (χ4v) is 5.67. The minimum Gasteiger partial charge on any atom is -0.461 e. The Labute approximate surface area is 225 Å². The maximum atomic E-state index is 13.6. The summed E-state index contributed by atoms with van der Waals surface area (Å²) in [5, 5.41) is 0.975. The zero-order valence-electron chi connectivity index (χ0n) is 17.9. The predicted molar refractivity (Wildman–Crippen MR) is 137 cm³/mol. The fraction of sp³-hybridized carbons (Fsp3) is 0.160. The van der Waals surface area contributed by atoms with Gasteiger partial charge in [-0.3, -0.25) is 4.79 Å². The Balaban J connectivity index is 1.58. The van der Waals surface area contributed by atoms with Crippen LogP contribution in [-0.2, 0) is 9.47 Å². The molecule has 5 nitrogen and oxygen atoms in total. The molecule has 10 heteroatoms. The molecule has 1 heterocycles. The number of hydrogen-bond donors (Lipinski definition) is 0. The summed E-state index contributed by atoms with van der Waals surface area (Å²) in [6, 6.07) is 15.8. The first-order valence-corrected chi connectivity index (χ1v) is 12.7. The van der Waals surface area contributed by atoms with Crippen LogP contribution in [0.1, 0.15) is 31.1 Å². The van der Waals surface area contributed by atoms with Crippen LogP contribution >= 0.6 is 58.2 Å². The van der Waals surface area contributed by atoms with Gasteiger partial charge in [-0.15, -0.1) is 11.8 Å². The van der Waals surface area contributed by atoms with E-state index in [2.05, 4.69) is 0 Å². The Bertz CT molecular complexity index is 1260. The van der Waals surface area contributed by atoms with Crippen LogP contribution in [0, 0.1) is 5.41 Å². The van der Waals surface area contributed by atoms with Gasteiger partial charge in [-0.1, -0.05) is 64.6 Å². The number of hydrogen-bond acceptors (Lipinski definition) is 6. The van der Waals surface area contributed by atoms with Crippen molar-refractivity contribution in [3.05, 3.63) is 97.4 Å². The minimum atomic E-state index is -1.32. The van der Waals surface area contributed by atoms with Crippen molar-refractivity contribution < 1.29 is 23.9 Å². The zero-order chi connectivity index (χ0) is 25.2. The van der Waals surface area contributed by atoms with Gasteiger partial charge in [0.25, 0.3) is 0 Å². The van der Waals surface area contributed by atoms with Crippen LogP contribution in [0.2, 0.25) is 20.1 Å². The van der Waals surface area contributed by atoms with E-state index in [0.717, 1.165) is 4.90 Å². The molecule has 1 aliphatic heterocycles. The van der Waals surface area contributed by atoms with Crippen LogP contribution < -0.4 is 0 Å². The second-order valence-corrected chi connectivity index (χ2v) is 10.5. The van der Waals surface area contributed by atoms with Crippen molar-refractivity contribution in [2.75, 3.05) is 19.0 Å². The summed E-state index contributed by atoms with van der Waals surface area (Å²) in [7, 11) is 0. The van der Waals surface area contributed by atoms with Crippen molar-refractivity contribution >= 4 is 75.9 Å². The molecule has 4 rings (SSSR count). The van der Waals surface area contributed by atoms with Gasteiger partial charge in [0.15, 0.2) is 5.78 Å². The summed E-state index contributed by atoms with van der Waals surface area (Å²) in [6.45, 7) is -0.654. The van der Waals surface area contributed by atoms with Crippen LogP contribution in [0.5, 0.6) is 0 Å². The Morgan fingerprint density at radius 1 is 0.800 bits per heavy atom. The van der Waals surface area contributed by atoms with Crippen molar-refractivity contribution in [1.29, 1.82) is 0 Å². The third-order valence-electron chi connectivity index (χ3n) is 5.38. The first-order chi connectivity index (χ1) is 16.7. The van der Waals surface area contributed by atoms with Gasteiger partial charge in [0.1, 0.15) is 18.6 Å². The molecule has 0 unspecified atom stereocenters. The van der Waals surface area contributed by atoms with Gasteiger partial charge in [0.2, 0.25) is 0 Å². The number of Topliss-reactive ketones (excluding diaryl/α,β-unsaturated/α-hetero) is 1. The van der Waals surface area contributed by atoms with E-state index in [1.54, 1.807) is 12.1 Å². The minimum absolute atomic E-state index is 0.104. The molecule has 0 spiro atoms. The lowest BCUT2D eigenvalue weighted by Gasteiger charge is -2.35. The van der Waals surface area contributed by atoms with Crippen molar-refractivity contribution in [3.8, 4) is 0 Å². The topological polar surface area (TPSA) is 69.7 Å². The first-order valence-electron chi connectivity index (χ1n) is 10.2. The lowest BCUT2D eigenvalue weighted by Crippen LogP contribution is -2.46. The number of rotatable bonds is 6. The number of carbonyl (C=O) groups excluding carboxylic acids is 3. The molecule has 0 bridgehead atoms. The van der Waals surface area contributed by atoms with E-state index in [4.69, 9.17) is 55.9 Å². The lowest BCUT2D eigenvalue weighted by atomic mass is 9.83. The third kappa shape index (κ3) is 5.63. The van der Waals surface area contributed by atoms with Crippen LogP contribution in [0.25, 0.3) is 0 Å². The van der Waals surface area contributed by atoms with Gasteiger partial charge >= 0.3 is 11.9 Å². The molecule has 3 aromatic carbocycles. The van der Waals surface area contributed by atoms with Gasteiger partial charge in [0, 0.05) is 26.3 Å². The molecule has 0 saturated heterocycles. The van der Waals surface area contributed by atoms with E-state index in [9.17, 15) is 14.4 Å². The number of esters is 2. The molecule has 0 amide bonds. The molecule has 0 saturated carbocycles. The quantitative estimate of drug-likeness (QED) is 0.290. The van der Waals surface area contributed by atoms with Gasteiger partial charge in [-0.2, -0.15) is 0 Å². The molecule has 180 valence electrons. The normalized spacial score (nSPS) is 14.2. The average molecular weight is 570 g/mol. The van der Waals surface area contributed by atoms with Crippen molar-refractivity contribution in [3.63, 3.8) is 0 Å². The van der Waals surface area contributed by atoms with Crippen molar-refractivity contribution in [1.82, 2.24) is 0 Å². The first kappa shape index (κ1) is 25.9. The summed E-state index contributed by atoms with van der Waals surface area (Å²) in [5.74, 6) is -1.52. The van der Waals surface area contributed by atoms with Gasteiger partial charge < -0.3 is 9.47 Å². The van der Waals surface area contributed by atoms with E-state index >= 15 is 0 Å². The molecule has 0 radical (unpaired) electrons. The van der Waals surface area contributed by atoms with Crippen LogP contribution in [0.3, 0.4) is 0 Å². The highest BCUT2D eigenvalue weighted by atomic mass is 35.5. The Hall–Kier alpha value is -2.22. The molecule has 1 aliphatic rings. The molecule has 0 atom stereocenters. The molecular weight excluding hydrogens is 554 g/mol. The summed E-state index contributed by atoms with van der Waals surface area (Å²) in [4.78, 5) is 39.9. The van der Waals surface area contributed by atoms with Crippen molar-refractivity contribution in [2.45, 2.75) is 4.90 Å². The highest BCUT2D eigenvalue weighted by Gasteiger charge is 2.46. The third-order valence-corrected chi connectivity index (χ3v) is 7.84. The van der Waals surface area contributed by atoms with E-state index in [0.29, 0.717) is 15.6 Å². The van der Waals surface area contributed by atoms with Crippen LogP contribution in [0.4, 0.5) is 0 Å². The maximum absolute atomic E-state index is 13.6. The number of ether oxygens (including phenoxy) is 2. The highest BCUT2D eigenvalue weighted by Crippen LogP contribution is 2.41. The van der Waals surface area contributed by atoms with Crippen molar-refractivity contribution in [2.24, 2.45) is 5.41 Å².